The third-order valence-electron chi connectivity index (χ3n) is 3.63. The predicted octanol–water partition coefficient (Wildman–Crippen LogP) is 4.05. The molecule has 2 aromatic carbocycles. The molecule has 1 aliphatic rings. The lowest BCUT2D eigenvalue weighted by Gasteiger charge is -2.17. The van der Waals surface area contributed by atoms with Crippen molar-refractivity contribution in [3.63, 3.8) is 0 Å². The van der Waals surface area contributed by atoms with Crippen LogP contribution < -0.4 is 5.32 Å². The number of fused-ring (bicyclic) bond motifs is 1. The molecule has 0 amide bonds. The van der Waals surface area contributed by atoms with Gasteiger partial charge >= 0.3 is 0 Å². The van der Waals surface area contributed by atoms with E-state index in [2.05, 4.69) is 5.32 Å². The van der Waals surface area contributed by atoms with E-state index in [0.29, 0.717) is 12.8 Å². The van der Waals surface area contributed by atoms with Crippen molar-refractivity contribution in [2.75, 3.05) is 5.32 Å². The summed E-state index contributed by atoms with van der Waals surface area (Å²) in [6.45, 7) is 0. The van der Waals surface area contributed by atoms with Crippen molar-refractivity contribution in [2.45, 2.75) is 18.9 Å². The molecule has 0 aliphatic heterocycles. The molecule has 0 saturated heterocycles. The highest BCUT2D eigenvalue weighted by Gasteiger charge is 2.27. The zero-order chi connectivity index (χ0) is 15.1. The number of hydrogen-bond acceptors (Lipinski definition) is 2. The fraction of sp³-hybridized carbons (Fsp3) is 0.200. The molecule has 6 heteroatoms. The number of phenolic OH excluding ortho intramolecular Hbond substituents is 1. The second-order valence-electron chi connectivity index (χ2n) is 4.96. The highest BCUT2D eigenvalue weighted by Crippen LogP contribution is 2.37. The van der Waals surface area contributed by atoms with Crippen LogP contribution in [0, 0.1) is 23.3 Å². The molecule has 0 aromatic heterocycles. The quantitative estimate of drug-likeness (QED) is 0.647. The van der Waals surface area contributed by atoms with Crippen LogP contribution in [0.4, 0.5) is 23.2 Å². The van der Waals surface area contributed by atoms with Gasteiger partial charge in [0.15, 0.2) is 23.3 Å². The molecule has 2 aromatic rings. The normalized spacial score (nSPS) is 16.9. The Balaban J connectivity index is 1.97. The lowest BCUT2D eigenvalue weighted by atomic mass is 10.1. The number of rotatable bonds is 2. The van der Waals surface area contributed by atoms with Crippen LogP contribution in [0.1, 0.15) is 23.6 Å². The molecule has 1 unspecified atom stereocenters. The van der Waals surface area contributed by atoms with Crippen LogP contribution in [0.2, 0.25) is 0 Å². The zero-order valence-electron chi connectivity index (χ0n) is 10.8. The van der Waals surface area contributed by atoms with Crippen molar-refractivity contribution in [1.82, 2.24) is 0 Å². The molecule has 1 aliphatic carbocycles. The number of aryl methyl sites for hydroxylation is 1. The summed E-state index contributed by atoms with van der Waals surface area (Å²) >= 11 is 0. The fourth-order valence-electron chi connectivity index (χ4n) is 2.63. The number of phenols is 1. The van der Waals surface area contributed by atoms with Crippen molar-refractivity contribution in [3.05, 3.63) is 58.7 Å². The van der Waals surface area contributed by atoms with Gasteiger partial charge < -0.3 is 10.4 Å². The molecule has 21 heavy (non-hydrogen) atoms. The Labute approximate surface area is 118 Å². The summed E-state index contributed by atoms with van der Waals surface area (Å²) in [5.41, 5.74) is 0.778. The van der Waals surface area contributed by atoms with Gasteiger partial charge in [0.25, 0.3) is 0 Å². The minimum atomic E-state index is -1.44. The monoisotopic (exact) mass is 297 g/mol. The van der Waals surface area contributed by atoms with Crippen molar-refractivity contribution >= 4 is 5.69 Å². The molecule has 0 bridgehead atoms. The maximum atomic E-state index is 13.7. The Kier molecular flexibility index (Phi) is 3.23. The fourth-order valence-corrected chi connectivity index (χ4v) is 2.63. The van der Waals surface area contributed by atoms with Gasteiger partial charge in [-0.3, -0.25) is 0 Å². The molecule has 0 heterocycles. The predicted molar refractivity (Wildman–Crippen MR) is 69.1 cm³/mol. The third kappa shape index (κ3) is 2.30. The smallest absolute Gasteiger partial charge is 0.185 e. The summed E-state index contributed by atoms with van der Waals surface area (Å²) < 4.78 is 53.7. The van der Waals surface area contributed by atoms with E-state index in [1.54, 1.807) is 12.1 Å². The van der Waals surface area contributed by atoms with Gasteiger partial charge in [0, 0.05) is 6.07 Å². The Morgan fingerprint density at radius 1 is 1.00 bits per heavy atom. The maximum Gasteiger partial charge on any atom is 0.185 e. The Morgan fingerprint density at radius 3 is 2.33 bits per heavy atom. The average molecular weight is 297 g/mol. The van der Waals surface area contributed by atoms with Crippen LogP contribution >= 0.6 is 0 Å². The van der Waals surface area contributed by atoms with E-state index in [4.69, 9.17) is 0 Å². The number of anilines is 1. The summed E-state index contributed by atoms with van der Waals surface area (Å²) in [7, 11) is 0. The first-order chi connectivity index (χ1) is 9.97. The van der Waals surface area contributed by atoms with Gasteiger partial charge in [-0.05, 0) is 36.1 Å². The molecule has 110 valence electrons. The number of nitrogens with one attached hydrogen (secondary N) is 1. The molecule has 0 fully saturated rings. The largest absolute Gasteiger partial charge is 0.508 e. The molecule has 0 spiro atoms. The number of hydrogen-bond donors (Lipinski definition) is 2. The van der Waals surface area contributed by atoms with Gasteiger partial charge in [-0.1, -0.05) is 6.07 Å². The SMILES string of the molecule is Oc1ccc2c(c1)CCC2Nc1c(F)c(F)cc(F)c1F. The van der Waals surface area contributed by atoms with Crippen LogP contribution in [-0.4, -0.2) is 5.11 Å². The first-order valence-electron chi connectivity index (χ1n) is 6.38. The van der Waals surface area contributed by atoms with Crippen molar-refractivity contribution in [2.24, 2.45) is 0 Å². The van der Waals surface area contributed by atoms with Gasteiger partial charge in [0.05, 0.1) is 6.04 Å². The van der Waals surface area contributed by atoms with E-state index in [1.807, 2.05) is 0 Å². The minimum Gasteiger partial charge on any atom is -0.508 e. The van der Waals surface area contributed by atoms with E-state index >= 15 is 0 Å². The van der Waals surface area contributed by atoms with Crippen LogP contribution in [0.25, 0.3) is 0 Å². The molecule has 1 atom stereocenters. The molecule has 2 N–H and O–H groups in total. The number of aromatic hydroxyl groups is 1. The lowest BCUT2D eigenvalue weighted by molar-refractivity contribution is 0.456. The molecular weight excluding hydrogens is 286 g/mol. The topological polar surface area (TPSA) is 32.3 Å². The third-order valence-corrected chi connectivity index (χ3v) is 3.63. The second kappa shape index (κ2) is 4.95. The van der Waals surface area contributed by atoms with E-state index < -0.39 is 35.0 Å². The van der Waals surface area contributed by atoms with E-state index in [1.165, 1.54) is 6.07 Å². The summed E-state index contributed by atoms with van der Waals surface area (Å²) in [5, 5.41) is 11.9. The number of benzene rings is 2. The van der Waals surface area contributed by atoms with Crippen molar-refractivity contribution in [3.8, 4) is 5.75 Å². The summed E-state index contributed by atoms with van der Waals surface area (Å²) in [5.74, 6) is -5.67. The van der Waals surface area contributed by atoms with Gasteiger partial charge in [0.1, 0.15) is 11.4 Å². The molecule has 2 nitrogen and oxygen atoms in total. The van der Waals surface area contributed by atoms with Gasteiger partial charge in [-0.25, -0.2) is 17.6 Å². The van der Waals surface area contributed by atoms with Crippen LogP contribution in [0.15, 0.2) is 24.3 Å². The van der Waals surface area contributed by atoms with Gasteiger partial charge in [-0.15, -0.1) is 0 Å². The van der Waals surface area contributed by atoms with Crippen molar-refractivity contribution < 1.29 is 22.7 Å². The van der Waals surface area contributed by atoms with E-state index in [-0.39, 0.29) is 11.8 Å². The second-order valence-corrected chi connectivity index (χ2v) is 4.96. The summed E-state index contributed by atoms with van der Waals surface area (Å²) in [6.07, 6.45) is 1.11. The standard InChI is InChI=1S/C15H11F4NO/c16-10-6-11(17)14(19)15(13(10)18)20-12-4-1-7-5-8(21)2-3-9(7)12/h2-3,5-6,12,20-21H,1,4H2. The minimum absolute atomic E-state index is 0.101. The molecule has 3 rings (SSSR count). The average Bonchev–Trinajstić information content (AvgIpc) is 2.83. The maximum absolute atomic E-state index is 13.7. The molecule has 0 saturated carbocycles. The lowest BCUT2D eigenvalue weighted by Crippen LogP contribution is -2.12. The highest BCUT2D eigenvalue weighted by molar-refractivity contribution is 5.52. The number of halogens is 4. The van der Waals surface area contributed by atoms with Gasteiger partial charge in [-0.2, -0.15) is 0 Å². The Morgan fingerprint density at radius 2 is 1.67 bits per heavy atom. The highest BCUT2D eigenvalue weighted by atomic mass is 19.2. The summed E-state index contributed by atoms with van der Waals surface area (Å²) in [6, 6.07) is 4.36. The van der Waals surface area contributed by atoms with Crippen LogP contribution in [0.5, 0.6) is 5.75 Å². The van der Waals surface area contributed by atoms with E-state index in [9.17, 15) is 22.7 Å². The first kappa shape index (κ1) is 13.7. The Hall–Kier alpha value is -2.24. The Bertz CT molecular complexity index is 691. The first-order valence-corrected chi connectivity index (χ1v) is 6.38. The molecular formula is C15H11F4NO. The zero-order valence-corrected chi connectivity index (χ0v) is 10.8. The van der Waals surface area contributed by atoms with Crippen LogP contribution in [0.3, 0.4) is 0 Å². The van der Waals surface area contributed by atoms with Crippen LogP contribution in [-0.2, 0) is 6.42 Å². The molecule has 0 radical (unpaired) electrons. The summed E-state index contributed by atoms with van der Waals surface area (Å²) in [4.78, 5) is 0. The van der Waals surface area contributed by atoms with Crippen molar-refractivity contribution in [1.29, 1.82) is 0 Å². The van der Waals surface area contributed by atoms with Gasteiger partial charge in [0.2, 0.25) is 0 Å². The van der Waals surface area contributed by atoms with E-state index in [0.717, 1.165) is 11.1 Å².